The van der Waals surface area contributed by atoms with E-state index in [1.165, 1.54) is 0 Å². The van der Waals surface area contributed by atoms with Crippen LogP contribution in [0.5, 0.6) is 0 Å². The summed E-state index contributed by atoms with van der Waals surface area (Å²) in [5.41, 5.74) is 0.716. The van der Waals surface area contributed by atoms with Crippen molar-refractivity contribution in [3.63, 3.8) is 0 Å². The van der Waals surface area contributed by atoms with Gasteiger partial charge in [0, 0.05) is 24.0 Å². The minimum atomic E-state index is -0.306. The molecule has 0 radical (unpaired) electrons. The van der Waals surface area contributed by atoms with Gasteiger partial charge in [0.25, 0.3) is 0 Å². The van der Waals surface area contributed by atoms with Gasteiger partial charge in [0.2, 0.25) is 11.8 Å². The molecular formula is C18H23BrN2O3. The van der Waals surface area contributed by atoms with Gasteiger partial charge in [-0.05, 0) is 54.8 Å². The molecule has 5 nitrogen and oxygen atoms in total. The molecule has 1 aromatic rings. The first-order valence-corrected chi connectivity index (χ1v) is 9.15. The third kappa shape index (κ3) is 3.81. The van der Waals surface area contributed by atoms with Crippen LogP contribution in [0.1, 0.15) is 33.1 Å². The van der Waals surface area contributed by atoms with Crippen molar-refractivity contribution >= 4 is 33.4 Å². The van der Waals surface area contributed by atoms with Crippen LogP contribution in [0.15, 0.2) is 28.7 Å². The fourth-order valence-electron chi connectivity index (χ4n) is 3.37. The molecule has 2 amide bonds. The summed E-state index contributed by atoms with van der Waals surface area (Å²) in [4.78, 5) is 26.4. The number of para-hydroxylation sites is 1. The molecule has 2 atom stereocenters. The minimum Gasteiger partial charge on any atom is -0.371 e. The Morgan fingerprint density at radius 3 is 2.83 bits per heavy atom. The third-order valence-corrected chi connectivity index (χ3v) is 5.37. The van der Waals surface area contributed by atoms with E-state index < -0.39 is 0 Å². The Kier molecular flexibility index (Phi) is 4.97. The van der Waals surface area contributed by atoms with Gasteiger partial charge in [-0.2, -0.15) is 0 Å². The van der Waals surface area contributed by atoms with Crippen molar-refractivity contribution in [2.24, 2.45) is 5.92 Å². The van der Waals surface area contributed by atoms with Gasteiger partial charge in [0.1, 0.15) is 0 Å². The number of halogens is 1. The highest BCUT2D eigenvalue weighted by Crippen LogP contribution is 2.32. The SMILES string of the molecule is CC1(C)CC[C@H](CNC(=O)[C@@H]2CC(=O)N(c3ccccc3Br)C2)O1. The van der Waals surface area contributed by atoms with Crippen molar-refractivity contribution in [1.29, 1.82) is 0 Å². The van der Waals surface area contributed by atoms with Crippen molar-refractivity contribution in [2.45, 2.75) is 44.8 Å². The maximum Gasteiger partial charge on any atom is 0.227 e. The lowest BCUT2D eigenvalue weighted by Crippen LogP contribution is -2.38. The van der Waals surface area contributed by atoms with E-state index in [4.69, 9.17) is 4.74 Å². The van der Waals surface area contributed by atoms with Gasteiger partial charge in [0.05, 0.1) is 23.3 Å². The number of hydrogen-bond acceptors (Lipinski definition) is 3. The van der Waals surface area contributed by atoms with E-state index in [-0.39, 0.29) is 35.9 Å². The molecule has 2 aliphatic heterocycles. The summed E-state index contributed by atoms with van der Waals surface area (Å²) in [6.07, 6.45) is 2.29. The third-order valence-electron chi connectivity index (χ3n) is 4.70. The maximum atomic E-state index is 12.4. The molecule has 1 aromatic carbocycles. The molecule has 2 aliphatic rings. The van der Waals surface area contributed by atoms with E-state index in [9.17, 15) is 9.59 Å². The topological polar surface area (TPSA) is 58.6 Å². The molecule has 2 heterocycles. The first-order valence-electron chi connectivity index (χ1n) is 8.36. The fourth-order valence-corrected chi connectivity index (χ4v) is 3.87. The summed E-state index contributed by atoms with van der Waals surface area (Å²) in [5.74, 6) is -0.384. The largest absolute Gasteiger partial charge is 0.371 e. The summed E-state index contributed by atoms with van der Waals surface area (Å²) >= 11 is 3.47. The van der Waals surface area contributed by atoms with Crippen LogP contribution in [0.3, 0.4) is 0 Å². The number of benzene rings is 1. The molecule has 0 bridgehead atoms. The Balaban J connectivity index is 1.56. The van der Waals surface area contributed by atoms with Crippen molar-refractivity contribution in [3.8, 4) is 0 Å². The van der Waals surface area contributed by atoms with Crippen LogP contribution in [0, 0.1) is 5.92 Å². The molecule has 2 saturated heterocycles. The van der Waals surface area contributed by atoms with Crippen LogP contribution in [0.25, 0.3) is 0 Å². The Morgan fingerprint density at radius 2 is 2.17 bits per heavy atom. The number of hydrogen-bond donors (Lipinski definition) is 1. The molecule has 0 unspecified atom stereocenters. The Hall–Kier alpha value is -1.40. The molecule has 0 aliphatic carbocycles. The van der Waals surface area contributed by atoms with Gasteiger partial charge >= 0.3 is 0 Å². The number of nitrogens with one attached hydrogen (secondary N) is 1. The van der Waals surface area contributed by atoms with Crippen molar-refractivity contribution in [2.75, 3.05) is 18.0 Å². The van der Waals surface area contributed by atoms with Gasteiger partial charge < -0.3 is 15.0 Å². The van der Waals surface area contributed by atoms with Gasteiger partial charge in [-0.3, -0.25) is 9.59 Å². The molecule has 2 fully saturated rings. The average molecular weight is 395 g/mol. The lowest BCUT2D eigenvalue weighted by Gasteiger charge is -2.20. The molecule has 130 valence electrons. The predicted molar refractivity (Wildman–Crippen MR) is 95.8 cm³/mol. The number of carbonyl (C=O) groups excluding carboxylic acids is 2. The minimum absolute atomic E-state index is 0.0136. The first-order chi connectivity index (χ1) is 11.4. The quantitative estimate of drug-likeness (QED) is 0.853. The smallest absolute Gasteiger partial charge is 0.227 e. The van der Waals surface area contributed by atoms with Crippen LogP contribution in [0.2, 0.25) is 0 Å². The number of rotatable bonds is 4. The summed E-state index contributed by atoms with van der Waals surface area (Å²) in [6.45, 7) is 5.08. The monoisotopic (exact) mass is 394 g/mol. The zero-order valence-corrected chi connectivity index (χ0v) is 15.6. The summed E-state index contributed by atoms with van der Waals surface area (Å²) in [6, 6.07) is 7.58. The number of anilines is 1. The van der Waals surface area contributed by atoms with E-state index in [1.54, 1.807) is 4.90 Å². The molecule has 6 heteroatoms. The van der Waals surface area contributed by atoms with Crippen LogP contribution in [-0.2, 0) is 14.3 Å². The zero-order valence-electron chi connectivity index (χ0n) is 14.0. The molecule has 0 saturated carbocycles. The Bertz CT molecular complexity index is 647. The molecule has 0 aromatic heterocycles. The molecule has 0 spiro atoms. The lowest BCUT2D eigenvalue weighted by atomic mass is 10.1. The highest BCUT2D eigenvalue weighted by atomic mass is 79.9. The van der Waals surface area contributed by atoms with E-state index >= 15 is 0 Å². The lowest BCUT2D eigenvalue weighted by molar-refractivity contribution is -0.127. The predicted octanol–water partition coefficient (Wildman–Crippen LogP) is 2.88. The number of amides is 2. The van der Waals surface area contributed by atoms with Crippen LogP contribution in [-0.4, -0.2) is 36.6 Å². The van der Waals surface area contributed by atoms with E-state index in [2.05, 4.69) is 35.1 Å². The molecule has 3 rings (SSSR count). The van der Waals surface area contributed by atoms with Crippen LogP contribution < -0.4 is 10.2 Å². The zero-order chi connectivity index (χ0) is 17.3. The van der Waals surface area contributed by atoms with Crippen LogP contribution in [0.4, 0.5) is 5.69 Å². The Morgan fingerprint density at radius 1 is 1.42 bits per heavy atom. The average Bonchev–Trinajstić information content (AvgIpc) is 3.08. The van der Waals surface area contributed by atoms with Crippen molar-refractivity contribution < 1.29 is 14.3 Å². The van der Waals surface area contributed by atoms with Crippen LogP contribution >= 0.6 is 15.9 Å². The highest BCUT2D eigenvalue weighted by molar-refractivity contribution is 9.10. The van der Waals surface area contributed by atoms with Crippen molar-refractivity contribution in [1.82, 2.24) is 5.32 Å². The van der Waals surface area contributed by atoms with Gasteiger partial charge in [0.15, 0.2) is 0 Å². The first kappa shape index (κ1) is 17.4. The normalized spacial score (nSPS) is 26.0. The number of ether oxygens (including phenoxy) is 1. The molecule has 24 heavy (non-hydrogen) atoms. The van der Waals surface area contributed by atoms with Gasteiger partial charge in [-0.15, -0.1) is 0 Å². The second kappa shape index (κ2) is 6.84. The highest BCUT2D eigenvalue weighted by Gasteiger charge is 2.37. The summed E-state index contributed by atoms with van der Waals surface area (Å²) < 4.78 is 6.75. The number of carbonyl (C=O) groups is 2. The second-order valence-corrected chi connectivity index (χ2v) is 7.99. The second-order valence-electron chi connectivity index (χ2n) is 7.14. The Labute approximate surface area is 150 Å². The maximum absolute atomic E-state index is 12.4. The van der Waals surface area contributed by atoms with E-state index in [1.807, 2.05) is 24.3 Å². The van der Waals surface area contributed by atoms with Gasteiger partial charge in [-0.1, -0.05) is 12.1 Å². The van der Waals surface area contributed by atoms with Crippen molar-refractivity contribution in [3.05, 3.63) is 28.7 Å². The van der Waals surface area contributed by atoms with Gasteiger partial charge in [-0.25, -0.2) is 0 Å². The van der Waals surface area contributed by atoms with E-state index in [0.29, 0.717) is 13.1 Å². The molecule has 1 N–H and O–H groups in total. The molecular weight excluding hydrogens is 372 g/mol. The summed E-state index contributed by atoms with van der Waals surface area (Å²) in [5, 5.41) is 2.96. The van der Waals surface area contributed by atoms with E-state index in [0.717, 1.165) is 23.0 Å². The standard InChI is InChI=1S/C18H23BrN2O3/c1-18(2)8-7-13(24-18)10-20-17(23)12-9-16(22)21(11-12)15-6-4-3-5-14(15)19/h3-6,12-13H,7-11H2,1-2H3,(H,20,23)/t12-,13-/m1/s1. The fraction of sp³-hybridized carbons (Fsp3) is 0.556. The summed E-state index contributed by atoms with van der Waals surface area (Å²) in [7, 11) is 0. The number of nitrogens with zero attached hydrogens (tertiary/aromatic N) is 1.